The predicted octanol–water partition coefficient (Wildman–Crippen LogP) is 4.59. The molecule has 4 rings (SSSR count). The summed E-state index contributed by atoms with van der Waals surface area (Å²) in [5, 5.41) is 0.333. The van der Waals surface area contributed by atoms with Crippen LogP contribution in [0.5, 0.6) is 11.5 Å². The first-order chi connectivity index (χ1) is 14.8. The molecular weight excluding hydrogens is 440 g/mol. The van der Waals surface area contributed by atoms with E-state index in [1.54, 1.807) is 36.4 Å². The standard InChI is InChI=1S/C22H17ClN2O5S/c23-15-6-11-20(30-17-4-2-1-3-5-17)19(14-15)24-31(28,29)18-9-7-16(8-10-18)25-21(26)12-13-22(25)27/h1-11,14,24H,12-13H2. The fourth-order valence-electron chi connectivity index (χ4n) is 3.13. The molecular formula is C22H17ClN2O5S. The number of halogens is 1. The van der Waals surface area contributed by atoms with Gasteiger partial charge in [-0.2, -0.15) is 0 Å². The molecule has 0 unspecified atom stereocenters. The largest absolute Gasteiger partial charge is 0.455 e. The molecule has 1 N–H and O–H groups in total. The number of nitrogens with zero attached hydrogens (tertiary/aromatic N) is 1. The fourth-order valence-corrected chi connectivity index (χ4v) is 4.36. The van der Waals surface area contributed by atoms with Crippen LogP contribution in [0.15, 0.2) is 77.7 Å². The molecule has 0 atom stereocenters. The summed E-state index contributed by atoms with van der Waals surface area (Å²) in [6.07, 6.45) is 0.304. The van der Waals surface area contributed by atoms with E-state index in [1.807, 2.05) is 6.07 Å². The topological polar surface area (TPSA) is 92.8 Å². The first kappa shape index (κ1) is 20.9. The lowest BCUT2D eigenvalue weighted by molar-refractivity contribution is -0.121. The highest BCUT2D eigenvalue weighted by Gasteiger charge is 2.30. The van der Waals surface area contributed by atoms with Crippen LogP contribution in [-0.2, 0) is 19.6 Å². The van der Waals surface area contributed by atoms with Crippen molar-refractivity contribution in [1.29, 1.82) is 0 Å². The number of ether oxygens (including phenoxy) is 1. The zero-order valence-electron chi connectivity index (χ0n) is 16.1. The summed E-state index contributed by atoms with van der Waals surface area (Å²) in [4.78, 5) is 24.8. The molecule has 1 aliphatic heterocycles. The highest BCUT2D eigenvalue weighted by atomic mass is 35.5. The van der Waals surface area contributed by atoms with Gasteiger partial charge in [0, 0.05) is 17.9 Å². The number of benzene rings is 3. The third-order valence-corrected chi connectivity index (χ3v) is 6.23. The lowest BCUT2D eigenvalue weighted by Crippen LogP contribution is -2.28. The van der Waals surface area contributed by atoms with E-state index in [-0.39, 0.29) is 41.0 Å². The number of hydrogen-bond acceptors (Lipinski definition) is 5. The number of nitrogens with one attached hydrogen (secondary N) is 1. The van der Waals surface area contributed by atoms with E-state index < -0.39 is 10.0 Å². The highest BCUT2D eigenvalue weighted by molar-refractivity contribution is 7.92. The van der Waals surface area contributed by atoms with Gasteiger partial charge in [-0.15, -0.1) is 0 Å². The van der Waals surface area contributed by atoms with Gasteiger partial charge in [0.25, 0.3) is 10.0 Å². The number of hydrogen-bond donors (Lipinski definition) is 1. The van der Waals surface area contributed by atoms with Gasteiger partial charge in [0.05, 0.1) is 16.3 Å². The van der Waals surface area contributed by atoms with Gasteiger partial charge in [-0.1, -0.05) is 29.8 Å². The number of sulfonamides is 1. The van der Waals surface area contributed by atoms with Crippen LogP contribution in [-0.4, -0.2) is 20.2 Å². The summed E-state index contributed by atoms with van der Waals surface area (Å²) in [6.45, 7) is 0. The number of amides is 2. The Hall–Kier alpha value is -3.36. The van der Waals surface area contributed by atoms with Gasteiger partial charge < -0.3 is 4.74 Å². The lowest BCUT2D eigenvalue weighted by atomic mass is 10.3. The van der Waals surface area contributed by atoms with Crippen molar-refractivity contribution in [3.63, 3.8) is 0 Å². The number of para-hydroxylation sites is 1. The van der Waals surface area contributed by atoms with Crippen molar-refractivity contribution >= 4 is 44.8 Å². The quantitative estimate of drug-likeness (QED) is 0.548. The van der Waals surface area contributed by atoms with Crippen LogP contribution >= 0.6 is 11.6 Å². The minimum atomic E-state index is -3.99. The van der Waals surface area contributed by atoms with E-state index >= 15 is 0 Å². The van der Waals surface area contributed by atoms with E-state index in [4.69, 9.17) is 16.3 Å². The fraction of sp³-hybridized carbons (Fsp3) is 0.0909. The summed E-state index contributed by atoms with van der Waals surface area (Å²) < 4.78 is 34.1. The van der Waals surface area contributed by atoms with Crippen LogP contribution in [0.4, 0.5) is 11.4 Å². The van der Waals surface area contributed by atoms with Crippen molar-refractivity contribution in [2.75, 3.05) is 9.62 Å². The molecule has 1 aliphatic rings. The van der Waals surface area contributed by atoms with Crippen molar-refractivity contribution < 1.29 is 22.7 Å². The van der Waals surface area contributed by atoms with Gasteiger partial charge in [-0.05, 0) is 54.6 Å². The smallest absolute Gasteiger partial charge is 0.262 e. The second kappa shape index (κ2) is 8.41. The molecule has 9 heteroatoms. The van der Waals surface area contributed by atoms with Crippen molar-refractivity contribution in [2.45, 2.75) is 17.7 Å². The molecule has 1 fully saturated rings. The molecule has 1 heterocycles. The molecule has 0 aromatic heterocycles. The number of rotatable bonds is 6. The van der Waals surface area contributed by atoms with Crippen molar-refractivity contribution in [2.24, 2.45) is 0 Å². The first-order valence-corrected chi connectivity index (χ1v) is 11.2. The SMILES string of the molecule is O=C1CCC(=O)N1c1ccc(S(=O)(=O)Nc2cc(Cl)ccc2Oc2ccccc2)cc1. The molecule has 3 aromatic carbocycles. The molecule has 31 heavy (non-hydrogen) atoms. The molecule has 7 nitrogen and oxygen atoms in total. The molecule has 0 aliphatic carbocycles. The maximum Gasteiger partial charge on any atom is 0.262 e. The van der Waals surface area contributed by atoms with Crippen LogP contribution in [0.3, 0.4) is 0 Å². The average molecular weight is 457 g/mol. The van der Waals surface area contributed by atoms with E-state index in [0.717, 1.165) is 4.90 Å². The molecule has 0 spiro atoms. The Labute approximate surface area is 184 Å². The first-order valence-electron chi connectivity index (χ1n) is 9.35. The molecule has 0 bridgehead atoms. The van der Waals surface area contributed by atoms with E-state index in [2.05, 4.69) is 4.72 Å². The number of anilines is 2. The van der Waals surface area contributed by atoms with E-state index in [1.165, 1.54) is 30.3 Å². The van der Waals surface area contributed by atoms with Crippen LogP contribution in [0.25, 0.3) is 0 Å². The molecule has 1 saturated heterocycles. The van der Waals surface area contributed by atoms with E-state index in [0.29, 0.717) is 16.5 Å². The van der Waals surface area contributed by atoms with Gasteiger partial charge in [0.15, 0.2) is 5.75 Å². The molecule has 158 valence electrons. The second-order valence-electron chi connectivity index (χ2n) is 6.78. The Morgan fingerprint density at radius 3 is 2.16 bits per heavy atom. The number of carbonyl (C=O) groups excluding carboxylic acids is 2. The van der Waals surface area contributed by atoms with Crippen LogP contribution in [0, 0.1) is 0 Å². The maximum atomic E-state index is 12.9. The molecule has 0 saturated carbocycles. The summed E-state index contributed by atoms with van der Waals surface area (Å²) in [7, 11) is -3.99. The van der Waals surface area contributed by atoms with Gasteiger partial charge in [0.1, 0.15) is 5.75 Å². The Bertz CT molecular complexity index is 1230. The lowest BCUT2D eigenvalue weighted by Gasteiger charge is -2.16. The normalized spacial score (nSPS) is 14.0. The van der Waals surface area contributed by atoms with Gasteiger partial charge in [0.2, 0.25) is 11.8 Å². The second-order valence-corrected chi connectivity index (χ2v) is 8.90. The third kappa shape index (κ3) is 4.55. The highest BCUT2D eigenvalue weighted by Crippen LogP contribution is 2.34. The summed E-state index contributed by atoms with van der Waals surface area (Å²) in [6, 6.07) is 19.1. The van der Waals surface area contributed by atoms with Gasteiger partial charge in [-0.3, -0.25) is 19.2 Å². The number of carbonyl (C=O) groups is 2. The monoisotopic (exact) mass is 456 g/mol. The van der Waals surface area contributed by atoms with Crippen molar-refractivity contribution in [1.82, 2.24) is 0 Å². The average Bonchev–Trinajstić information content (AvgIpc) is 3.09. The Balaban J connectivity index is 1.60. The van der Waals surface area contributed by atoms with E-state index in [9.17, 15) is 18.0 Å². The summed E-state index contributed by atoms with van der Waals surface area (Å²) in [5.41, 5.74) is 0.507. The Kier molecular flexibility index (Phi) is 5.67. The van der Waals surface area contributed by atoms with Gasteiger partial charge in [-0.25, -0.2) is 8.42 Å². The molecule has 2 amide bonds. The van der Waals surface area contributed by atoms with Crippen molar-refractivity contribution in [3.05, 3.63) is 77.8 Å². The third-order valence-electron chi connectivity index (χ3n) is 4.61. The zero-order valence-corrected chi connectivity index (χ0v) is 17.7. The zero-order chi connectivity index (χ0) is 22.0. The Morgan fingerprint density at radius 1 is 0.871 bits per heavy atom. The predicted molar refractivity (Wildman–Crippen MR) is 117 cm³/mol. The minimum absolute atomic E-state index is 0.0408. The summed E-state index contributed by atoms with van der Waals surface area (Å²) in [5.74, 6) is 0.208. The Morgan fingerprint density at radius 2 is 1.52 bits per heavy atom. The molecule has 0 radical (unpaired) electrons. The van der Waals surface area contributed by atoms with Crippen LogP contribution < -0.4 is 14.4 Å². The minimum Gasteiger partial charge on any atom is -0.455 e. The van der Waals surface area contributed by atoms with Crippen molar-refractivity contribution in [3.8, 4) is 11.5 Å². The van der Waals surface area contributed by atoms with Gasteiger partial charge >= 0.3 is 0 Å². The van der Waals surface area contributed by atoms with Crippen LogP contribution in [0.2, 0.25) is 5.02 Å². The maximum absolute atomic E-state index is 12.9. The number of imide groups is 1. The summed E-state index contributed by atoms with van der Waals surface area (Å²) >= 11 is 6.06. The van der Waals surface area contributed by atoms with Crippen LogP contribution in [0.1, 0.15) is 12.8 Å². The molecule has 3 aromatic rings.